The van der Waals surface area contributed by atoms with E-state index in [1.807, 2.05) is 24.0 Å². The van der Waals surface area contributed by atoms with E-state index >= 15 is 0 Å². The van der Waals surface area contributed by atoms with Gasteiger partial charge >= 0.3 is 0 Å². The molecule has 0 spiro atoms. The van der Waals surface area contributed by atoms with E-state index in [9.17, 15) is 9.18 Å². The number of nitrogens with zero attached hydrogens (tertiary/aromatic N) is 2. The highest BCUT2D eigenvalue weighted by molar-refractivity contribution is 6.07. The molecule has 0 bridgehead atoms. The Bertz CT molecular complexity index is 1210. The summed E-state index contributed by atoms with van der Waals surface area (Å²) in [6.07, 6.45) is 3.75. The maximum atomic E-state index is 13.4. The Morgan fingerprint density at radius 3 is 2.69 bits per heavy atom. The van der Waals surface area contributed by atoms with Crippen LogP contribution in [0.4, 0.5) is 21.6 Å². The number of hydrogen-bond donors (Lipinski definition) is 3. The first-order valence-corrected chi connectivity index (χ1v) is 11.8. The normalized spacial score (nSPS) is 17.6. The Kier molecular flexibility index (Phi) is 7.29. The van der Waals surface area contributed by atoms with Crippen molar-refractivity contribution in [2.45, 2.75) is 39.2 Å². The summed E-state index contributed by atoms with van der Waals surface area (Å²) in [6.45, 7) is 4.46. The van der Waals surface area contributed by atoms with Crippen molar-refractivity contribution in [1.29, 1.82) is 5.41 Å². The van der Waals surface area contributed by atoms with Crippen molar-refractivity contribution in [2.24, 2.45) is 5.92 Å². The van der Waals surface area contributed by atoms with E-state index in [4.69, 9.17) is 15.9 Å². The minimum atomic E-state index is -0.363. The number of carbonyl (C=O) groups is 1. The summed E-state index contributed by atoms with van der Waals surface area (Å²) in [6, 6.07) is 15.1. The number of aromatic nitrogens is 1. The minimum Gasteiger partial charge on any atom is -0.457 e. The molecule has 1 saturated heterocycles. The number of carbonyl (C=O) groups excluding carboxylic acids is 1. The fourth-order valence-electron chi connectivity index (χ4n) is 4.36. The zero-order chi connectivity index (χ0) is 24.9. The van der Waals surface area contributed by atoms with Crippen molar-refractivity contribution in [3.63, 3.8) is 0 Å². The number of rotatable bonds is 7. The summed E-state index contributed by atoms with van der Waals surface area (Å²) in [4.78, 5) is 18.5. The van der Waals surface area contributed by atoms with Gasteiger partial charge in [0.2, 0.25) is 5.91 Å². The topological polar surface area (TPSA) is 104 Å². The van der Waals surface area contributed by atoms with Gasteiger partial charge in [-0.2, -0.15) is 0 Å². The van der Waals surface area contributed by atoms with Crippen LogP contribution in [0.1, 0.15) is 38.7 Å². The molecule has 1 fully saturated rings. The van der Waals surface area contributed by atoms with Crippen molar-refractivity contribution in [1.82, 2.24) is 9.88 Å². The smallest absolute Gasteiger partial charge is 0.222 e. The number of amides is 1. The molecule has 1 aromatic heterocycles. The molecule has 1 aliphatic heterocycles. The highest BCUT2D eigenvalue weighted by atomic mass is 19.1. The van der Waals surface area contributed by atoms with Gasteiger partial charge in [-0.3, -0.25) is 4.79 Å². The van der Waals surface area contributed by atoms with Crippen LogP contribution >= 0.6 is 0 Å². The van der Waals surface area contributed by atoms with Crippen molar-refractivity contribution < 1.29 is 13.9 Å². The number of anilines is 3. The number of nitrogen functional groups attached to an aromatic ring is 1. The van der Waals surface area contributed by atoms with Crippen molar-refractivity contribution in [2.75, 3.05) is 17.6 Å². The van der Waals surface area contributed by atoms with Crippen LogP contribution in [0.25, 0.3) is 0 Å². The Balaban J connectivity index is 1.51. The molecule has 1 aliphatic rings. The van der Waals surface area contributed by atoms with E-state index in [-0.39, 0.29) is 29.5 Å². The fraction of sp³-hybridized carbons (Fsp3) is 0.296. The van der Waals surface area contributed by atoms with Crippen LogP contribution in [0.5, 0.6) is 11.5 Å². The third kappa shape index (κ3) is 5.59. The van der Waals surface area contributed by atoms with Gasteiger partial charge in [-0.1, -0.05) is 13.0 Å². The number of hydrogen-bond acceptors (Lipinski definition) is 6. The van der Waals surface area contributed by atoms with Crippen LogP contribution in [-0.4, -0.2) is 34.1 Å². The lowest BCUT2D eigenvalue weighted by molar-refractivity contribution is -0.134. The molecule has 1 amide bonds. The van der Waals surface area contributed by atoms with Crippen LogP contribution in [0.3, 0.4) is 0 Å². The van der Waals surface area contributed by atoms with Gasteiger partial charge < -0.3 is 26.1 Å². The molecule has 182 valence electrons. The summed E-state index contributed by atoms with van der Waals surface area (Å²) in [5.74, 6) is 0.935. The Hall–Kier alpha value is -3.94. The van der Waals surface area contributed by atoms with Gasteiger partial charge in [-0.15, -0.1) is 0 Å². The molecule has 0 aliphatic carbocycles. The maximum absolute atomic E-state index is 13.4. The summed E-state index contributed by atoms with van der Waals surface area (Å²) < 4.78 is 19.1. The van der Waals surface area contributed by atoms with Gasteiger partial charge in [0.15, 0.2) is 0 Å². The van der Waals surface area contributed by atoms with E-state index in [1.54, 1.807) is 36.5 Å². The first-order chi connectivity index (χ1) is 16.9. The van der Waals surface area contributed by atoms with Gasteiger partial charge in [0.1, 0.15) is 23.1 Å². The molecule has 8 heteroatoms. The summed E-state index contributed by atoms with van der Waals surface area (Å²) in [5, 5.41) is 12.2. The predicted octanol–water partition coefficient (Wildman–Crippen LogP) is 5.74. The van der Waals surface area contributed by atoms with Crippen LogP contribution in [0.15, 0.2) is 60.8 Å². The SMILES string of the molecule is CCC(=O)N1CC(C(=N)c2ccnc(N)c2Nc2ccc(Oc3cccc(F)c3)cc2)CCC1C. The van der Waals surface area contributed by atoms with E-state index in [0.717, 1.165) is 18.5 Å². The van der Waals surface area contributed by atoms with Gasteiger partial charge in [0, 0.05) is 54.2 Å². The second-order valence-corrected chi connectivity index (χ2v) is 8.76. The average molecular weight is 476 g/mol. The lowest BCUT2D eigenvalue weighted by Crippen LogP contribution is -2.47. The van der Waals surface area contributed by atoms with Crippen LogP contribution in [-0.2, 0) is 4.79 Å². The van der Waals surface area contributed by atoms with Gasteiger partial charge in [0.25, 0.3) is 0 Å². The monoisotopic (exact) mass is 475 g/mol. The molecular weight excluding hydrogens is 445 g/mol. The second-order valence-electron chi connectivity index (χ2n) is 8.76. The highest BCUT2D eigenvalue weighted by Gasteiger charge is 2.31. The van der Waals surface area contributed by atoms with Crippen LogP contribution in [0, 0.1) is 17.1 Å². The maximum Gasteiger partial charge on any atom is 0.222 e. The molecule has 2 heterocycles. The van der Waals surface area contributed by atoms with Crippen molar-refractivity contribution in [3.05, 3.63) is 72.2 Å². The number of halogens is 1. The zero-order valence-corrected chi connectivity index (χ0v) is 19.9. The largest absolute Gasteiger partial charge is 0.457 e. The first-order valence-electron chi connectivity index (χ1n) is 11.8. The molecule has 3 aromatic rings. The predicted molar refractivity (Wildman–Crippen MR) is 136 cm³/mol. The highest BCUT2D eigenvalue weighted by Crippen LogP contribution is 2.32. The van der Waals surface area contributed by atoms with Crippen molar-refractivity contribution in [3.8, 4) is 11.5 Å². The fourth-order valence-corrected chi connectivity index (χ4v) is 4.36. The number of pyridine rings is 1. The minimum absolute atomic E-state index is 0.0777. The number of likely N-dealkylation sites (tertiary alicyclic amines) is 1. The van der Waals surface area contributed by atoms with Gasteiger partial charge in [-0.05, 0) is 62.2 Å². The van der Waals surface area contributed by atoms with E-state index in [0.29, 0.717) is 41.4 Å². The molecule has 0 radical (unpaired) electrons. The lowest BCUT2D eigenvalue weighted by atomic mass is 9.86. The van der Waals surface area contributed by atoms with Gasteiger partial charge in [-0.25, -0.2) is 9.37 Å². The molecule has 4 N–H and O–H groups in total. The molecule has 35 heavy (non-hydrogen) atoms. The Morgan fingerprint density at radius 2 is 1.97 bits per heavy atom. The van der Waals surface area contributed by atoms with Gasteiger partial charge in [0.05, 0.1) is 5.69 Å². The van der Waals surface area contributed by atoms with E-state index in [1.165, 1.54) is 12.1 Å². The Morgan fingerprint density at radius 1 is 1.20 bits per heavy atom. The number of ether oxygens (including phenoxy) is 1. The zero-order valence-electron chi connectivity index (χ0n) is 19.9. The summed E-state index contributed by atoms with van der Waals surface area (Å²) in [5.41, 5.74) is 8.61. The summed E-state index contributed by atoms with van der Waals surface area (Å²) in [7, 11) is 0. The molecule has 2 unspecified atom stereocenters. The molecule has 0 saturated carbocycles. The van der Waals surface area contributed by atoms with Crippen LogP contribution in [0.2, 0.25) is 0 Å². The van der Waals surface area contributed by atoms with E-state index < -0.39 is 0 Å². The third-order valence-electron chi connectivity index (χ3n) is 6.34. The molecule has 2 atom stereocenters. The van der Waals surface area contributed by atoms with E-state index in [2.05, 4.69) is 17.2 Å². The third-order valence-corrected chi connectivity index (χ3v) is 6.34. The molecule has 7 nitrogen and oxygen atoms in total. The molecule has 2 aromatic carbocycles. The number of benzene rings is 2. The first kappa shape index (κ1) is 24.2. The van der Waals surface area contributed by atoms with Crippen molar-refractivity contribution >= 4 is 28.8 Å². The lowest BCUT2D eigenvalue weighted by Gasteiger charge is -2.38. The quantitative estimate of drug-likeness (QED) is 0.378. The number of nitrogens with one attached hydrogen (secondary N) is 2. The second kappa shape index (κ2) is 10.5. The van der Waals surface area contributed by atoms with Crippen LogP contribution < -0.4 is 15.8 Å². The molecule has 4 rings (SSSR count). The number of nitrogens with two attached hydrogens (primary N) is 1. The molecular formula is C27H30FN5O2. The number of piperidine rings is 1. The average Bonchev–Trinajstić information content (AvgIpc) is 2.86. The summed E-state index contributed by atoms with van der Waals surface area (Å²) >= 11 is 0. The standard InChI is InChI=1S/C27H30FN5O2/c1-3-24(34)33-16-18(8-7-17(33)2)25(29)23-13-14-31-27(30)26(23)32-20-9-11-21(12-10-20)35-22-6-4-5-19(28)15-22/h4-6,9-15,17-18,29,32H,3,7-8,16H2,1-2H3,(H2,30,31). The Labute approximate surface area is 204 Å².